The van der Waals surface area contributed by atoms with Crippen molar-refractivity contribution in [1.29, 1.82) is 0 Å². The number of benzene rings is 1. The van der Waals surface area contributed by atoms with Gasteiger partial charge in [-0.05, 0) is 38.2 Å². The molecule has 29 heavy (non-hydrogen) atoms. The molecule has 0 atom stereocenters. The van der Waals surface area contributed by atoms with E-state index in [1.165, 1.54) is 5.56 Å². The molecule has 1 saturated heterocycles. The molecule has 1 heterocycles. The predicted molar refractivity (Wildman–Crippen MR) is 114 cm³/mol. The van der Waals surface area contributed by atoms with Gasteiger partial charge in [0.1, 0.15) is 0 Å². The zero-order chi connectivity index (χ0) is 21.2. The van der Waals surface area contributed by atoms with Crippen LogP contribution >= 0.6 is 0 Å². The summed E-state index contributed by atoms with van der Waals surface area (Å²) >= 11 is 0. The van der Waals surface area contributed by atoms with E-state index in [1.54, 1.807) is 0 Å². The number of ketones is 1. The Hall–Kier alpha value is -1.92. The van der Waals surface area contributed by atoms with E-state index in [4.69, 9.17) is 9.47 Å². The monoisotopic (exact) mass is 404 g/mol. The van der Waals surface area contributed by atoms with Gasteiger partial charge in [-0.3, -0.25) is 4.79 Å². The van der Waals surface area contributed by atoms with E-state index < -0.39 is 0 Å². The van der Waals surface area contributed by atoms with Gasteiger partial charge in [-0.25, -0.2) is 4.79 Å². The molecule has 1 aliphatic heterocycles. The topological polar surface area (TPSA) is 67.9 Å². The van der Waals surface area contributed by atoms with Crippen molar-refractivity contribution in [3.8, 4) is 0 Å². The van der Waals surface area contributed by atoms with Gasteiger partial charge in [0, 0.05) is 31.1 Å². The first-order chi connectivity index (χ1) is 13.9. The van der Waals surface area contributed by atoms with Crippen LogP contribution in [-0.4, -0.2) is 62.3 Å². The second-order valence-corrected chi connectivity index (χ2v) is 8.17. The van der Waals surface area contributed by atoms with Crippen molar-refractivity contribution in [2.75, 3.05) is 39.5 Å². The third-order valence-electron chi connectivity index (χ3n) is 5.17. The number of carbonyl (C=O) groups is 2. The van der Waals surface area contributed by atoms with Gasteiger partial charge in [-0.2, -0.15) is 0 Å². The summed E-state index contributed by atoms with van der Waals surface area (Å²) in [7, 11) is 0. The Bertz CT molecular complexity index is 635. The molecule has 1 aliphatic rings. The number of ether oxygens (including phenoxy) is 2. The number of urea groups is 1. The summed E-state index contributed by atoms with van der Waals surface area (Å²) < 4.78 is 10.9. The van der Waals surface area contributed by atoms with Crippen LogP contribution in [0.2, 0.25) is 0 Å². The summed E-state index contributed by atoms with van der Waals surface area (Å²) in [6.45, 7) is 11.4. The Morgan fingerprint density at radius 1 is 1.03 bits per heavy atom. The lowest BCUT2D eigenvalue weighted by Gasteiger charge is -2.32. The predicted octanol–water partition coefficient (Wildman–Crippen LogP) is 3.86. The van der Waals surface area contributed by atoms with Gasteiger partial charge in [0.2, 0.25) is 0 Å². The Morgan fingerprint density at radius 3 is 2.28 bits per heavy atom. The SMILES string of the molecule is CC(C)OCCOCCNC(=O)N1CCC(c2ccc(C(=O)C(C)C)cc2)CC1. The molecule has 162 valence electrons. The van der Waals surface area contributed by atoms with E-state index in [0.29, 0.717) is 32.3 Å². The maximum Gasteiger partial charge on any atom is 0.317 e. The Kier molecular flexibility index (Phi) is 9.61. The van der Waals surface area contributed by atoms with Gasteiger partial charge in [0.05, 0.1) is 25.9 Å². The lowest BCUT2D eigenvalue weighted by Crippen LogP contribution is -2.45. The highest BCUT2D eigenvalue weighted by molar-refractivity contribution is 5.97. The number of hydrogen-bond donors (Lipinski definition) is 1. The van der Waals surface area contributed by atoms with Crippen LogP contribution in [0.15, 0.2) is 24.3 Å². The number of rotatable bonds is 10. The van der Waals surface area contributed by atoms with Crippen molar-refractivity contribution in [2.24, 2.45) is 5.92 Å². The molecule has 1 N–H and O–H groups in total. The number of Topliss-reactive ketones (excluding diaryl/α,β-unsaturated/α-hetero) is 1. The van der Waals surface area contributed by atoms with Crippen molar-refractivity contribution < 1.29 is 19.1 Å². The van der Waals surface area contributed by atoms with Crippen molar-refractivity contribution in [3.05, 3.63) is 35.4 Å². The average molecular weight is 405 g/mol. The molecule has 0 saturated carbocycles. The number of nitrogens with one attached hydrogen (secondary N) is 1. The molecule has 2 amide bonds. The zero-order valence-corrected chi connectivity index (χ0v) is 18.3. The number of amides is 2. The fourth-order valence-corrected chi connectivity index (χ4v) is 3.46. The van der Waals surface area contributed by atoms with E-state index in [9.17, 15) is 9.59 Å². The van der Waals surface area contributed by atoms with Crippen LogP contribution in [0.25, 0.3) is 0 Å². The normalized spacial score (nSPS) is 15.2. The van der Waals surface area contributed by atoms with Crippen LogP contribution in [0, 0.1) is 5.92 Å². The summed E-state index contributed by atoms with van der Waals surface area (Å²) in [6, 6.07) is 7.97. The number of likely N-dealkylation sites (tertiary alicyclic amines) is 1. The van der Waals surface area contributed by atoms with Crippen LogP contribution in [0.4, 0.5) is 4.79 Å². The molecule has 0 radical (unpaired) electrons. The molecular weight excluding hydrogens is 368 g/mol. The Balaban J connectivity index is 1.66. The van der Waals surface area contributed by atoms with Crippen molar-refractivity contribution in [3.63, 3.8) is 0 Å². The van der Waals surface area contributed by atoms with Crippen LogP contribution < -0.4 is 5.32 Å². The molecule has 0 spiro atoms. The van der Waals surface area contributed by atoms with E-state index in [0.717, 1.165) is 31.5 Å². The number of piperidine rings is 1. The standard InChI is InChI=1S/C23H36N2O4/c1-17(2)22(26)21-7-5-19(6-8-21)20-9-12-25(13-10-20)23(27)24-11-14-28-15-16-29-18(3)4/h5-8,17-18,20H,9-16H2,1-4H3,(H,24,27). The highest BCUT2D eigenvalue weighted by atomic mass is 16.5. The first-order valence-electron chi connectivity index (χ1n) is 10.7. The van der Waals surface area contributed by atoms with Gasteiger partial charge in [-0.15, -0.1) is 0 Å². The lowest BCUT2D eigenvalue weighted by molar-refractivity contribution is 0.0206. The average Bonchev–Trinajstić information content (AvgIpc) is 2.72. The van der Waals surface area contributed by atoms with Crippen molar-refractivity contribution in [1.82, 2.24) is 10.2 Å². The fourth-order valence-electron chi connectivity index (χ4n) is 3.46. The highest BCUT2D eigenvalue weighted by Crippen LogP contribution is 2.28. The second kappa shape index (κ2) is 11.9. The molecule has 0 bridgehead atoms. The smallest absolute Gasteiger partial charge is 0.317 e. The van der Waals surface area contributed by atoms with Crippen LogP contribution in [0.5, 0.6) is 0 Å². The maximum atomic E-state index is 12.3. The van der Waals surface area contributed by atoms with Gasteiger partial charge >= 0.3 is 6.03 Å². The van der Waals surface area contributed by atoms with E-state index in [1.807, 2.05) is 44.7 Å². The van der Waals surface area contributed by atoms with Crippen LogP contribution in [0.3, 0.4) is 0 Å². The minimum atomic E-state index is -0.0247. The van der Waals surface area contributed by atoms with Gasteiger partial charge in [-0.1, -0.05) is 38.1 Å². The van der Waals surface area contributed by atoms with E-state index in [2.05, 4.69) is 17.4 Å². The lowest BCUT2D eigenvalue weighted by atomic mass is 9.88. The molecule has 1 aromatic rings. The van der Waals surface area contributed by atoms with E-state index >= 15 is 0 Å². The quantitative estimate of drug-likeness (QED) is 0.475. The number of nitrogens with zero attached hydrogens (tertiary/aromatic N) is 1. The summed E-state index contributed by atoms with van der Waals surface area (Å²) in [4.78, 5) is 26.2. The zero-order valence-electron chi connectivity index (χ0n) is 18.3. The minimum Gasteiger partial charge on any atom is -0.377 e. The van der Waals surface area contributed by atoms with Crippen molar-refractivity contribution >= 4 is 11.8 Å². The molecule has 0 unspecified atom stereocenters. The van der Waals surface area contributed by atoms with Gasteiger partial charge in [0.15, 0.2) is 5.78 Å². The Labute approximate surface area is 174 Å². The summed E-state index contributed by atoms with van der Waals surface area (Å²) in [5, 5.41) is 2.92. The molecule has 1 aromatic carbocycles. The molecule has 6 nitrogen and oxygen atoms in total. The highest BCUT2D eigenvalue weighted by Gasteiger charge is 2.23. The molecule has 6 heteroatoms. The number of hydrogen-bond acceptors (Lipinski definition) is 4. The van der Waals surface area contributed by atoms with Crippen LogP contribution in [-0.2, 0) is 9.47 Å². The first-order valence-corrected chi connectivity index (χ1v) is 10.7. The summed E-state index contributed by atoms with van der Waals surface area (Å²) in [6.07, 6.45) is 2.09. The van der Waals surface area contributed by atoms with E-state index in [-0.39, 0.29) is 23.8 Å². The number of carbonyl (C=O) groups excluding carboxylic acids is 2. The Morgan fingerprint density at radius 2 is 1.69 bits per heavy atom. The van der Waals surface area contributed by atoms with Gasteiger partial charge < -0.3 is 19.7 Å². The summed E-state index contributed by atoms with van der Waals surface area (Å²) in [5.41, 5.74) is 2.03. The minimum absolute atomic E-state index is 0.0152. The molecule has 0 aliphatic carbocycles. The molecule has 2 rings (SSSR count). The second-order valence-electron chi connectivity index (χ2n) is 8.17. The summed E-state index contributed by atoms with van der Waals surface area (Å²) in [5.74, 6) is 0.632. The van der Waals surface area contributed by atoms with Crippen molar-refractivity contribution in [2.45, 2.75) is 52.6 Å². The molecule has 1 fully saturated rings. The third kappa shape index (κ3) is 7.78. The van der Waals surface area contributed by atoms with Gasteiger partial charge in [0.25, 0.3) is 0 Å². The fraction of sp³-hybridized carbons (Fsp3) is 0.652. The maximum absolute atomic E-state index is 12.3. The molecular formula is C23H36N2O4. The van der Waals surface area contributed by atoms with Crippen LogP contribution in [0.1, 0.15) is 62.4 Å². The third-order valence-corrected chi connectivity index (χ3v) is 5.17. The largest absolute Gasteiger partial charge is 0.377 e. The molecule has 0 aromatic heterocycles. The first kappa shape index (κ1) is 23.4.